The van der Waals surface area contributed by atoms with Crippen LogP contribution in [0.4, 0.5) is 5.69 Å². The number of hydrogen-bond acceptors (Lipinski definition) is 3. The Morgan fingerprint density at radius 1 is 1.41 bits per heavy atom. The maximum absolute atomic E-state index is 12.1. The molecule has 1 aromatic carbocycles. The summed E-state index contributed by atoms with van der Waals surface area (Å²) in [6.07, 6.45) is 7.06. The summed E-state index contributed by atoms with van der Waals surface area (Å²) in [6.45, 7) is 6.23. The third-order valence-corrected chi connectivity index (χ3v) is 14.0. The van der Waals surface area contributed by atoms with Gasteiger partial charge in [-0.1, -0.05) is 0 Å². The number of nitrogens with zero attached hydrogens (tertiary/aromatic N) is 1. The third kappa shape index (κ3) is 3.13. The Hall–Kier alpha value is -0.994. The zero-order chi connectivity index (χ0) is 19.3. The van der Waals surface area contributed by atoms with Crippen molar-refractivity contribution in [1.82, 2.24) is 0 Å². The summed E-state index contributed by atoms with van der Waals surface area (Å²) in [5.41, 5.74) is 2.68. The number of phenolic OH excluding ortho intramolecular Hbond substituents is 1. The molecule has 27 heavy (non-hydrogen) atoms. The number of hydrogen-bond donors (Lipinski definition) is 1. The van der Waals surface area contributed by atoms with Crippen LogP contribution in [0.5, 0.6) is 5.75 Å². The molecule has 1 aliphatic carbocycles. The molecule has 0 spiro atoms. The average Bonchev–Trinajstić information content (AvgIpc) is 2.95. The second-order valence-electron chi connectivity index (χ2n) is 6.70. The first-order valence-electron chi connectivity index (χ1n) is 8.31. The third-order valence-electron chi connectivity index (χ3n) is 4.95. The summed E-state index contributed by atoms with van der Waals surface area (Å²) in [5.74, 6) is 0.287. The first-order valence-corrected chi connectivity index (χ1v) is 14.6. The van der Waals surface area contributed by atoms with E-state index < -0.39 is 8.07 Å². The van der Waals surface area contributed by atoms with Gasteiger partial charge in [0.2, 0.25) is 0 Å². The monoisotopic (exact) mass is 615 g/mol. The molecule has 7 heteroatoms. The van der Waals surface area contributed by atoms with Gasteiger partial charge in [-0.2, -0.15) is 0 Å². The summed E-state index contributed by atoms with van der Waals surface area (Å²) in [5, 5.41) is 13.0. The molecule has 0 bridgehead atoms. The average molecular weight is 615 g/mol. The Bertz CT molecular complexity index is 1100. The molecule has 2 heterocycles. The Balaban J connectivity index is 2.11. The van der Waals surface area contributed by atoms with E-state index in [0.717, 1.165) is 40.3 Å². The van der Waals surface area contributed by atoms with E-state index >= 15 is 0 Å². The van der Waals surface area contributed by atoms with Crippen molar-refractivity contribution in [2.45, 2.75) is 12.6 Å². The molecule has 0 amide bonds. The normalized spacial score (nSPS) is 20.6. The first kappa shape index (κ1) is 19.3. The van der Waals surface area contributed by atoms with Gasteiger partial charge in [-0.15, -0.1) is 0 Å². The summed E-state index contributed by atoms with van der Waals surface area (Å²) >= 11 is 6.06. The number of rotatable bonds is 3. The van der Waals surface area contributed by atoms with Crippen LogP contribution in [0, 0.1) is 3.57 Å². The molecule has 0 saturated carbocycles. The van der Waals surface area contributed by atoms with E-state index in [2.05, 4.69) is 57.7 Å². The SMILES string of the molecule is C=CC[Si]1(C)C2=CC(=O)C=CC2=Nc2ccc(O)c(-c3[se]c(Br)cc3I)c21. The van der Waals surface area contributed by atoms with Crippen molar-refractivity contribution >= 4 is 83.5 Å². The zero-order valence-electron chi connectivity index (χ0n) is 14.4. The van der Waals surface area contributed by atoms with Gasteiger partial charge < -0.3 is 0 Å². The number of carbonyl (C=O) groups is 1. The van der Waals surface area contributed by atoms with Crippen molar-refractivity contribution in [1.29, 1.82) is 0 Å². The predicted molar refractivity (Wildman–Crippen MR) is 126 cm³/mol. The molecule has 136 valence electrons. The zero-order valence-corrected chi connectivity index (χ0v) is 20.9. The standard InChI is InChI=1S/C20H15BrINO2SeSi/c1-3-8-27(2)16-9-11(24)4-5-13(16)23-14-6-7-15(25)18(20(14)27)19-12(22)10-17(21)26-19/h3-7,9-10,25H,1,8H2,2H3. The van der Waals surface area contributed by atoms with Crippen LogP contribution in [0.15, 0.2) is 62.6 Å². The molecule has 1 N–H and O–H groups in total. The van der Waals surface area contributed by atoms with Gasteiger partial charge in [-0.25, -0.2) is 0 Å². The molecule has 3 nitrogen and oxygen atoms in total. The van der Waals surface area contributed by atoms with Crippen LogP contribution in [0.1, 0.15) is 0 Å². The summed E-state index contributed by atoms with van der Waals surface area (Å²) in [4.78, 5) is 17.0. The summed E-state index contributed by atoms with van der Waals surface area (Å²) < 4.78 is 3.47. The van der Waals surface area contributed by atoms with E-state index in [0.29, 0.717) is 0 Å². The Kier molecular flexibility index (Phi) is 5.09. The van der Waals surface area contributed by atoms with Crippen molar-refractivity contribution in [3.8, 4) is 15.8 Å². The van der Waals surface area contributed by atoms with Crippen molar-refractivity contribution in [3.05, 3.63) is 61.2 Å². The van der Waals surface area contributed by atoms with Crippen LogP contribution in [0.3, 0.4) is 0 Å². The van der Waals surface area contributed by atoms with Gasteiger partial charge in [0, 0.05) is 0 Å². The van der Waals surface area contributed by atoms with Gasteiger partial charge in [0.05, 0.1) is 0 Å². The van der Waals surface area contributed by atoms with Crippen molar-refractivity contribution in [2.75, 3.05) is 0 Å². The molecular weight excluding hydrogens is 600 g/mol. The molecule has 1 aromatic heterocycles. The van der Waals surface area contributed by atoms with Gasteiger partial charge >= 0.3 is 188 Å². The van der Waals surface area contributed by atoms with Crippen molar-refractivity contribution in [3.63, 3.8) is 0 Å². The first-order chi connectivity index (χ1) is 12.8. The fourth-order valence-corrected chi connectivity index (χ4v) is 12.8. The van der Waals surface area contributed by atoms with Crippen molar-refractivity contribution < 1.29 is 9.90 Å². The fourth-order valence-electron chi connectivity index (χ4n) is 3.79. The van der Waals surface area contributed by atoms with E-state index in [9.17, 15) is 9.90 Å². The molecule has 1 unspecified atom stereocenters. The Morgan fingerprint density at radius 3 is 2.85 bits per heavy atom. The molecule has 2 aliphatic rings. The second kappa shape index (κ2) is 7.11. The number of halogens is 2. The van der Waals surface area contributed by atoms with Crippen LogP contribution in [0.25, 0.3) is 10.0 Å². The van der Waals surface area contributed by atoms with E-state index in [4.69, 9.17) is 4.99 Å². The van der Waals surface area contributed by atoms with E-state index in [1.807, 2.05) is 18.2 Å². The molecule has 0 fully saturated rings. The number of aromatic hydroxyl groups is 1. The van der Waals surface area contributed by atoms with Crippen LogP contribution in [-0.2, 0) is 4.79 Å². The maximum atomic E-state index is 12.1. The van der Waals surface area contributed by atoms with Crippen LogP contribution < -0.4 is 5.19 Å². The quantitative estimate of drug-likeness (QED) is 0.237. The second-order valence-corrected chi connectivity index (χ2v) is 16.2. The molecular formula is C20H15BrINO2SeSi. The molecule has 4 rings (SSSR count). The topological polar surface area (TPSA) is 49.7 Å². The number of ketones is 1. The van der Waals surface area contributed by atoms with Gasteiger partial charge in [-0.3, -0.25) is 0 Å². The summed E-state index contributed by atoms with van der Waals surface area (Å²) in [7, 11) is -2.34. The Labute approximate surface area is 186 Å². The van der Waals surface area contributed by atoms with Crippen molar-refractivity contribution in [2.24, 2.45) is 4.99 Å². The number of benzene rings is 1. The molecule has 1 atom stereocenters. The number of aliphatic imine (C=N–C) groups is 1. The minimum absolute atomic E-state index is 0.000169. The molecule has 0 saturated heterocycles. The Morgan fingerprint density at radius 2 is 2.19 bits per heavy atom. The number of phenols is 1. The van der Waals surface area contributed by atoms with E-state index in [-0.39, 0.29) is 26.0 Å². The fraction of sp³-hybridized carbons (Fsp3) is 0.100. The van der Waals surface area contributed by atoms with Gasteiger partial charge in [0.1, 0.15) is 0 Å². The molecule has 2 aromatic rings. The number of fused-ring (bicyclic) bond motifs is 2. The molecule has 1 aliphatic heterocycles. The van der Waals surface area contributed by atoms with Gasteiger partial charge in [0.15, 0.2) is 0 Å². The van der Waals surface area contributed by atoms with E-state index in [1.165, 1.54) is 4.44 Å². The van der Waals surface area contributed by atoms with Crippen LogP contribution in [0.2, 0.25) is 12.6 Å². The summed E-state index contributed by atoms with van der Waals surface area (Å²) in [6, 6.07) is 6.54. The minimum atomic E-state index is -2.34. The van der Waals surface area contributed by atoms with Gasteiger partial charge in [-0.05, 0) is 0 Å². The van der Waals surface area contributed by atoms with Gasteiger partial charge in [0.25, 0.3) is 0 Å². The number of carbonyl (C=O) groups excluding carboxylic acids is 1. The van der Waals surface area contributed by atoms with E-state index in [1.54, 1.807) is 18.2 Å². The van der Waals surface area contributed by atoms with Crippen LogP contribution in [-0.4, -0.2) is 39.2 Å². The molecule has 0 radical (unpaired) electrons. The number of allylic oxidation sites excluding steroid dienone is 5. The predicted octanol–water partition coefficient (Wildman–Crippen LogP) is 4.65. The van der Waals surface area contributed by atoms with Crippen LogP contribution >= 0.6 is 38.5 Å².